The van der Waals surface area contributed by atoms with Crippen LogP contribution in [0.4, 0.5) is 5.82 Å². The number of rotatable bonds is 7. The van der Waals surface area contributed by atoms with Crippen molar-refractivity contribution in [3.8, 4) is 0 Å². The van der Waals surface area contributed by atoms with Gasteiger partial charge in [-0.05, 0) is 5.56 Å². The summed E-state index contributed by atoms with van der Waals surface area (Å²) >= 11 is 0. The van der Waals surface area contributed by atoms with E-state index in [0.29, 0.717) is 12.4 Å². The van der Waals surface area contributed by atoms with Gasteiger partial charge in [-0.25, -0.2) is 9.98 Å². The fraction of sp³-hybridized carbons (Fsp3) is 0.370. The SMILES string of the molecule is CN(C)/C=N\C1Nc2c(ncn2[C@@H]2O[C@H](CO)[C@H]3OC(c4ccccc4)O[C@H]32)C(=O)N1Cc1ccccc1. The number of aliphatic hydroxyl groups excluding tert-OH is 1. The van der Waals surface area contributed by atoms with E-state index < -0.39 is 37.1 Å². The number of carbonyl (C=O) groups is 1. The monoisotopic (exact) mass is 518 g/mol. The van der Waals surface area contributed by atoms with Crippen LogP contribution in [-0.2, 0) is 20.8 Å². The molecule has 6 rings (SSSR count). The Labute approximate surface area is 220 Å². The average Bonchev–Trinajstić information content (AvgIpc) is 3.64. The standard InChI is InChI=1S/C27H30N6O5/c1-31(2)15-29-27-30-23-20(24(35)32(27)13-17-9-5-3-6-10-17)28-16-33(23)25-22-21(19(14-34)36-25)37-26(38-22)18-11-7-4-8-12-18/h3-12,15-16,19,21-22,25-27,30,34H,13-14H2,1-2H3/b29-15-/t19-,21-,22-,25-,26?,27?/m1/s1. The molecule has 2 N–H and O–H groups in total. The van der Waals surface area contributed by atoms with E-state index in [1.54, 1.807) is 22.1 Å². The molecule has 4 heterocycles. The maximum Gasteiger partial charge on any atom is 0.279 e. The minimum absolute atomic E-state index is 0.230. The van der Waals surface area contributed by atoms with Crippen molar-refractivity contribution in [2.45, 2.75) is 43.7 Å². The summed E-state index contributed by atoms with van der Waals surface area (Å²) in [5, 5.41) is 13.4. The predicted octanol–water partition coefficient (Wildman–Crippen LogP) is 2.20. The Morgan fingerprint density at radius 1 is 1.05 bits per heavy atom. The second-order valence-corrected chi connectivity index (χ2v) is 9.71. The number of aliphatic hydroxyl groups is 1. The van der Waals surface area contributed by atoms with Gasteiger partial charge in [0.15, 0.2) is 18.2 Å². The summed E-state index contributed by atoms with van der Waals surface area (Å²) in [4.78, 5) is 26.2. The number of nitrogens with zero attached hydrogens (tertiary/aromatic N) is 5. The molecule has 0 bridgehead atoms. The van der Waals surface area contributed by atoms with Crippen molar-refractivity contribution in [3.05, 3.63) is 83.8 Å². The molecule has 0 aliphatic carbocycles. The average molecular weight is 519 g/mol. The smallest absolute Gasteiger partial charge is 0.279 e. The zero-order valence-electron chi connectivity index (χ0n) is 21.1. The normalized spacial score (nSPS) is 28.4. The number of nitrogens with one attached hydrogen (secondary N) is 1. The third-order valence-electron chi connectivity index (χ3n) is 6.83. The van der Waals surface area contributed by atoms with E-state index in [9.17, 15) is 9.90 Å². The minimum atomic E-state index is -0.670. The van der Waals surface area contributed by atoms with E-state index in [2.05, 4.69) is 15.3 Å². The number of carbonyl (C=O) groups excluding carboxylic acids is 1. The van der Waals surface area contributed by atoms with Crippen LogP contribution in [0.5, 0.6) is 0 Å². The highest BCUT2D eigenvalue weighted by atomic mass is 16.8. The molecule has 0 radical (unpaired) electrons. The maximum absolute atomic E-state index is 13.7. The summed E-state index contributed by atoms with van der Waals surface area (Å²) in [6, 6.07) is 19.4. The maximum atomic E-state index is 13.7. The first-order valence-corrected chi connectivity index (χ1v) is 12.5. The van der Waals surface area contributed by atoms with Gasteiger partial charge >= 0.3 is 0 Å². The quantitative estimate of drug-likeness (QED) is 0.362. The van der Waals surface area contributed by atoms with Crippen LogP contribution in [0.1, 0.15) is 34.1 Å². The number of aliphatic imine (C=N–C) groups is 1. The number of fused-ring (bicyclic) bond motifs is 2. The Balaban J connectivity index is 1.31. The van der Waals surface area contributed by atoms with Crippen molar-refractivity contribution in [2.24, 2.45) is 4.99 Å². The van der Waals surface area contributed by atoms with Crippen LogP contribution in [0, 0.1) is 0 Å². The zero-order chi connectivity index (χ0) is 26.2. The number of aromatic nitrogens is 2. The molecule has 2 fully saturated rings. The first kappa shape index (κ1) is 24.6. The molecule has 11 nitrogen and oxygen atoms in total. The van der Waals surface area contributed by atoms with Gasteiger partial charge in [-0.2, -0.15) is 0 Å². The number of benzene rings is 2. The van der Waals surface area contributed by atoms with Gasteiger partial charge in [0.1, 0.15) is 24.1 Å². The highest BCUT2D eigenvalue weighted by molar-refractivity contribution is 5.99. The molecule has 198 valence electrons. The van der Waals surface area contributed by atoms with Crippen molar-refractivity contribution >= 4 is 18.1 Å². The van der Waals surface area contributed by atoms with Gasteiger partial charge in [0, 0.05) is 26.2 Å². The summed E-state index contributed by atoms with van der Waals surface area (Å²) in [7, 11) is 3.74. The van der Waals surface area contributed by atoms with Crippen LogP contribution in [0.15, 0.2) is 72.0 Å². The zero-order valence-corrected chi connectivity index (χ0v) is 21.1. The lowest BCUT2D eigenvalue weighted by molar-refractivity contribution is -0.153. The first-order valence-electron chi connectivity index (χ1n) is 12.5. The fourth-order valence-corrected chi connectivity index (χ4v) is 5.03. The van der Waals surface area contributed by atoms with E-state index in [0.717, 1.165) is 11.1 Å². The van der Waals surface area contributed by atoms with E-state index in [1.165, 1.54) is 0 Å². The molecule has 11 heteroatoms. The van der Waals surface area contributed by atoms with Gasteiger partial charge < -0.3 is 29.5 Å². The molecule has 38 heavy (non-hydrogen) atoms. The van der Waals surface area contributed by atoms with E-state index >= 15 is 0 Å². The molecule has 2 aromatic carbocycles. The molecule has 0 saturated carbocycles. The van der Waals surface area contributed by atoms with Crippen molar-refractivity contribution in [1.82, 2.24) is 19.4 Å². The van der Waals surface area contributed by atoms with Gasteiger partial charge in [0.05, 0.1) is 19.3 Å². The van der Waals surface area contributed by atoms with E-state index in [-0.39, 0.29) is 18.2 Å². The number of ether oxygens (including phenoxy) is 3. The fourth-order valence-electron chi connectivity index (χ4n) is 5.03. The van der Waals surface area contributed by atoms with Crippen molar-refractivity contribution in [2.75, 3.05) is 26.0 Å². The molecule has 6 atom stereocenters. The summed E-state index contributed by atoms with van der Waals surface area (Å²) in [6.07, 6.45) is -0.277. The van der Waals surface area contributed by atoms with Gasteiger partial charge in [-0.1, -0.05) is 60.7 Å². The van der Waals surface area contributed by atoms with Crippen molar-refractivity contribution in [3.63, 3.8) is 0 Å². The Morgan fingerprint density at radius 2 is 1.76 bits per heavy atom. The van der Waals surface area contributed by atoms with Crippen LogP contribution in [0.3, 0.4) is 0 Å². The molecular weight excluding hydrogens is 488 g/mol. The van der Waals surface area contributed by atoms with Crippen LogP contribution in [0.2, 0.25) is 0 Å². The third kappa shape index (κ3) is 4.43. The Bertz CT molecular complexity index is 1300. The van der Waals surface area contributed by atoms with Crippen LogP contribution in [0.25, 0.3) is 0 Å². The molecule has 3 aliphatic rings. The van der Waals surface area contributed by atoms with Gasteiger partial charge in [0.25, 0.3) is 5.91 Å². The van der Waals surface area contributed by atoms with Crippen LogP contribution >= 0.6 is 0 Å². The predicted molar refractivity (Wildman–Crippen MR) is 138 cm³/mol. The van der Waals surface area contributed by atoms with Crippen molar-refractivity contribution in [1.29, 1.82) is 0 Å². The molecule has 0 spiro atoms. The molecular formula is C27H30N6O5. The summed E-state index contributed by atoms with van der Waals surface area (Å²) < 4.78 is 20.4. The number of hydrogen-bond donors (Lipinski definition) is 2. The number of anilines is 1. The van der Waals surface area contributed by atoms with Crippen LogP contribution in [-0.4, -0.2) is 82.0 Å². The van der Waals surface area contributed by atoms with Crippen molar-refractivity contribution < 1.29 is 24.1 Å². The molecule has 1 amide bonds. The lowest BCUT2D eigenvalue weighted by atomic mass is 10.1. The molecule has 1 aromatic heterocycles. The summed E-state index contributed by atoms with van der Waals surface area (Å²) in [5.41, 5.74) is 2.13. The molecule has 2 saturated heterocycles. The summed E-state index contributed by atoms with van der Waals surface area (Å²) in [6.45, 7) is 0.133. The van der Waals surface area contributed by atoms with Gasteiger partial charge in [-0.15, -0.1) is 0 Å². The Kier molecular flexibility index (Phi) is 6.58. The highest BCUT2D eigenvalue weighted by Crippen LogP contribution is 2.45. The lowest BCUT2D eigenvalue weighted by Gasteiger charge is -2.35. The van der Waals surface area contributed by atoms with Gasteiger partial charge in [0.2, 0.25) is 6.29 Å². The molecule has 3 aromatic rings. The van der Waals surface area contributed by atoms with E-state index in [1.807, 2.05) is 79.7 Å². The van der Waals surface area contributed by atoms with E-state index in [4.69, 9.17) is 14.2 Å². The highest BCUT2D eigenvalue weighted by Gasteiger charge is 2.54. The second kappa shape index (κ2) is 10.2. The Hall–Kier alpha value is -3.77. The minimum Gasteiger partial charge on any atom is -0.394 e. The topological polar surface area (TPSA) is 114 Å². The number of amides is 1. The number of imidazole rings is 1. The number of hydrogen-bond acceptors (Lipinski definition) is 8. The molecule has 3 aliphatic heterocycles. The first-order chi connectivity index (χ1) is 18.5. The lowest BCUT2D eigenvalue weighted by Crippen LogP contribution is -2.48. The van der Waals surface area contributed by atoms with Gasteiger partial charge in [-0.3, -0.25) is 14.3 Å². The largest absolute Gasteiger partial charge is 0.394 e. The molecule has 2 unspecified atom stereocenters. The summed E-state index contributed by atoms with van der Waals surface area (Å²) in [5.74, 6) is 0.232. The Morgan fingerprint density at radius 3 is 2.47 bits per heavy atom. The second-order valence-electron chi connectivity index (χ2n) is 9.71. The third-order valence-corrected chi connectivity index (χ3v) is 6.83. The van der Waals surface area contributed by atoms with Crippen LogP contribution < -0.4 is 5.32 Å².